The first kappa shape index (κ1) is 11.7. The molecule has 82 valence electrons. The summed E-state index contributed by atoms with van der Waals surface area (Å²) < 4.78 is 0. The molecule has 2 nitrogen and oxygen atoms in total. The first-order valence-corrected chi connectivity index (χ1v) is 5.99. The number of nitrogens with zero attached hydrogens (tertiary/aromatic N) is 1. The number of carbonyl (C=O) groups excluding carboxylic acids is 1. The van der Waals surface area contributed by atoms with Gasteiger partial charge in [0.15, 0.2) is 0 Å². The number of hydrogen-bond acceptors (Lipinski definition) is 2. The molecule has 0 aromatic heterocycles. The molecule has 1 heterocycles. The van der Waals surface area contributed by atoms with E-state index in [1.165, 1.54) is 32.4 Å². The van der Waals surface area contributed by atoms with Gasteiger partial charge in [0.1, 0.15) is 5.78 Å². The van der Waals surface area contributed by atoms with Crippen molar-refractivity contribution in [1.82, 2.24) is 4.90 Å². The molecule has 0 radical (unpaired) electrons. The Morgan fingerprint density at radius 1 is 1.29 bits per heavy atom. The molecular weight excluding hydrogens is 174 g/mol. The van der Waals surface area contributed by atoms with Crippen molar-refractivity contribution in [3.05, 3.63) is 0 Å². The van der Waals surface area contributed by atoms with Crippen LogP contribution in [0.3, 0.4) is 0 Å². The Morgan fingerprint density at radius 3 is 2.50 bits per heavy atom. The number of Topliss-reactive ketones (excluding diaryl/α,β-unsaturated/α-hetero) is 1. The molecule has 0 aliphatic carbocycles. The van der Waals surface area contributed by atoms with Crippen molar-refractivity contribution < 1.29 is 4.79 Å². The third-order valence-electron chi connectivity index (χ3n) is 3.29. The molecule has 0 saturated carbocycles. The smallest absolute Gasteiger partial charge is 0.136 e. The van der Waals surface area contributed by atoms with Crippen LogP contribution in [0.25, 0.3) is 0 Å². The molecule has 0 bridgehead atoms. The second-order valence-corrected chi connectivity index (χ2v) is 4.43. The third kappa shape index (κ3) is 3.79. The first-order valence-electron chi connectivity index (χ1n) is 5.99. The molecule has 0 spiro atoms. The van der Waals surface area contributed by atoms with E-state index in [-0.39, 0.29) is 5.92 Å². The van der Waals surface area contributed by atoms with Gasteiger partial charge in [-0.2, -0.15) is 0 Å². The van der Waals surface area contributed by atoms with Gasteiger partial charge >= 0.3 is 0 Å². The predicted octanol–water partition coefficient (Wildman–Crippen LogP) is 2.48. The molecule has 1 saturated heterocycles. The van der Waals surface area contributed by atoms with Gasteiger partial charge in [0.05, 0.1) is 0 Å². The van der Waals surface area contributed by atoms with E-state index in [0.29, 0.717) is 5.78 Å². The van der Waals surface area contributed by atoms with E-state index < -0.39 is 0 Å². The first-order chi connectivity index (χ1) is 6.74. The number of ketones is 1. The Kier molecular flexibility index (Phi) is 5.16. The van der Waals surface area contributed by atoms with Crippen molar-refractivity contribution >= 4 is 5.78 Å². The topological polar surface area (TPSA) is 20.3 Å². The maximum atomic E-state index is 11.6. The van der Waals surface area contributed by atoms with E-state index in [2.05, 4.69) is 11.8 Å². The highest BCUT2D eigenvalue weighted by molar-refractivity contribution is 5.80. The molecule has 0 aromatic rings. The monoisotopic (exact) mass is 197 g/mol. The zero-order valence-electron chi connectivity index (χ0n) is 9.59. The normalized spacial score (nSPS) is 20.7. The second-order valence-electron chi connectivity index (χ2n) is 4.43. The van der Waals surface area contributed by atoms with Crippen molar-refractivity contribution in [3.63, 3.8) is 0 Å². The van der Waals surface area contributed by atoms with Crippen LogP contribution < -0.4 is 0 Å². The summed E-state index contributed by atoms with van der Waals surface area (Å²) in [6.07, 6.45) is 5.75. The highest BCUT2D eigenvalue weighted by atomic mass is 16.1. The summed E-state index contributed by atoms with van der Waals surface area (Å²) in [7, 11) is 0. The van der Waals surface area contributed by atoms with Crippen molar-refractivity contribution in [2.75, 3.05) is 19.6 Å². The summed E-state index contributed by atoms with van der Waals surface area (Å²) in [6.45, 7) is 7.52. The standard InChI is InChI=1S/C12H23NO/c1-3-11(2)12(14)7-10-13-8-5-4-6-9-13/h11H,3-10H2,1-2H3. The molecule has 0 aromatic carbocycles. The molecule has 1 aliphatic rings. The Bertz CT molecular complexity index is 173. The molecule has 14 heavy (non-hydrogen) atoms. The number of carbonyl (C=O) groups is 1. The molecule has 1 rings (SSSR count). The molecule has 1 fully saturated rings. The summed E-state index contributed by atoms with van der Waals surface area (Å²) in [5.74, 6) is 0.706. The minimum atomic E-state index is 0.264. The lowest BCUT2D eigenvalue weighted by Crippen LogP contribution is -2.32. The fraction of sp³-hybridized carbons (Fsp3) is 0.917. The van der Waals surface area contributed by atoms with Gasteiger partial charge in [-0.3, -0.25) is 4.79 Å². The summed E-state index contributed by atoms with van der Waals surface area (Å²) in [4.78, 5) is 14.0. The Labute approximate surface area is 87.7 Å². The maximum Gasteiger partial charge on any atom is 0.136 e. The fourth-order valence-corrected chi connectivity index (χ4v) is 1.93. The van der Waals surface area contributed by atoms with Gasteiger partial charge in [-0.05, 0) is 32.4 Å². The van der Waals surface area contributed by atoms with Crippen molar-refractivity contribution in [3.8, 4) is 0 Å². The van der Waals surface area contributed by atoms with Crippen molar-refractivity contribution in [1.29, 1.82) is 0 Å². The molecule has 1 unspecified atom stereocenters. The quantitative estimate of drug-likeness (QED) is 0.675. The Morgan fingerprint density at radius 2 is 1.93 bits per heavy atom. The summed E-state index contributed by atoms with van der Waals surface area (Å²) in [6, 6.07) is 0. The molecule has 0 N–H and O–H groups in total. The highest BCUT2D eigenvalue weighted by Crippen LogP contribution is 2.11. The van der Waals surface area contributed by atoms with Crippen molar-refractivity contribution in [2.45, 2.75) is 46.0 Å². The van der Waals surface area contributed by atoms with Crippen LogP contribution in [0, 0.1) is 5.92 Å². The SMILES string of the molecule is CCC(C)C(=O)CCN1CCCCC1. The number of piperidine rings is 1. The highest BCUT2D eigenvalue weighted by Gasteiger charge is 2.14. The molecule has 0 amide bonds. The van der Waals surface area contributed by atoms with E-state index in [1.807, 2.05) is 6.92 Å². The zero-order valence-corrected chi connectivity index (χ0v) is 9.59. The lowest BCUT2D eigenvalue weighted by molar-refractivity contribution is -0.122. The fourth-order valence-electron chi connectivity index (χ4n) is 1.93. The maximum absolute atomic E-state index is 11.6. The second kappa shape index (κ2) is 6.18. The van der Waals surface area contributed by atoms with Crippen LogP contribution in [0.1, 0.15) is 46.0 Å². The summed E-state index contributed by atoms with van der Waals surface area (Å²) in [5.41, 5.74) is 0. The van der Waals surface area contributed by atoms with E-state index in [4.69, 9.17) is 0 Å². The van der Waals surface area contributed by atoms with Gasteiger partial charge in [-0.1, -0.05) is 20.3 Å². The number of rotatable bonds is 5. The lowest BCUT2D eigenvalue weighted by Gasteiger charge is -2.26. The van der Waals surface area contributed by atoms with Gasteiger partial charge in [0.2, 0.25) is 0 Å². The summed E-state index contributed by atoms with van der Waals surface area (Å²) >= 11 is 0. The number of hydrogen-bond donors (Lipinski definition) is 0. The third-order valence-corrected chi connectivity index (χ3v) is 3.29. The van der Waals surface area contributed by atoms with Crippen LogP contribution in [0.2, 0.25) is 0 Å². The van der Waals surface area contributed by atoms with Crippen molar-refractivity contribution in [2.24, 2.45) is 5.92 Å². The van der Waals surface area contributed by atoms with E-state index in [9.17, 15) is 4.79 Å². The minimum absolute atomic E-state index is 0.264. The zero-order chi connectivity index (χ0) is 10.4. The Balaban J connectivity index is 2.15. The van der Waals surface area contributed by atoms with E-state index >= 15 is 0 Å². The predicted molar refractivity (Wildman–Crippen MR) is 59.4 cm³/mol. The minimum Gasteiger partial charge on any atom is -0.303 e. The number of likely N-dealkylation sites (tertiary alicyclic amines) is 1. The largest absolute Gasteiger partial charge is 0.303 e. The van der Waals surface area contributed by atoms with Gasteiger partial charge in [0, 0.05) is 18.9 Å². The van der Waals surface area contributed by atoms with Crippen LogP contribution in [0.15, 0.2) is 0 Å². The lowest BCUT2D eigenvalue weighted by atomic mass is 10.0. The molecule has 2 heteroatoms. The van der Waals surface area contributed by atoms with Crippen LogP contribution in [0.4, 0.5) is 0 Å². The van der Waals surface area contributed by atoms with Gasteiger partial charge in [0.25, 0.3) is 0 Å². The average Bonchev–Trinajstić information content (AvgIpc) is 2.26. The molecular formula is C12H23NO. The Hall–Kier alpha value is -0.370. The van der Waals surface area contributed by atoms with Gasteiger partial charge < -0.3 is 4.90 Å². The van der Waals surface area contributed by atoms with E-state index in [1.54, 1.807) is 0 Å². The molecule has 1 atom stereocenters. The van der Waals surface area contributed by atoms with Crippen LogP contribution in [-0.2, 0) is 4.79 Å². The van der Waals surface area contributed by atoms with Gasteiger partial charge in [-0.25, -0.2) is 0 Å². The summed E-state index contributed by atoms with van der Waals surface area (Å²) in [5, 5.41) is 0. The van der Waals surface area contributed by atoms with E-state index in [0.717, 1.165) is 19.4 Å². The van der Waals surface area contributed by atoms with Crippen LogP contribution >= 0.6 is 0 Å². The molecule has 1 aliphatic heterocycles. The van der Waals surface area contributed by atoms with Crippen LogP contribution in [0.5, 0.6) is 0 Å². The average molecular weight is 197 g/mol. The van der Waals surface area contributed by atoms with Crippen LogP contribution in [-0.4, -0.2) is 30.3 Å². The van der Waals surface area contributed by atoms with Gasteiger partial charge in [-0.15, -0.1) is 0 Å².